The fourth-order valence-corrected chi connectivity index (χ4v) is 1.71. The minimum atomic E-state index is -0.911. The number of halogens is 1. The van der Waals surface area contributed by atoms with Crippen LogP contribution >= 0.6 is 0 Å². The van der Waals surface area contributed by atoms with Crippen molar-refractivity contribution in [2.75, 3.05) is 0 Å². The summed E-state index contributed by atoms with van der Waals surface area (Å²) >= 11 is 0. The lowest BCUT2D eigenvalue weighted by Crippen LogP contribution is -2.03. The number of carboxylic acids is 1. The van der Waals surface area contributed by atoms with Gasteiger partial charge in [0.1, 0.15) is 5.82 Å². The van der Waals surface area contributed by atoms with Crippen LogP contribution in [0.2, 0.25) is 0 Å². The predicted octanol–water partition coefficient (Wildman–Crippen LogP) is 1.80. The molecule has 0 aromatic carbocycles. The molecule has 2 aromatic heterocycles. The summed E-state index contributed by atoms with van der Waals surface area (Å²) in [5, 5.41) is 8.59. The maximum absolute atomic E-state index is 13.6. The number of carboxylic acid groups (broad SMARTS) is 1. The van der Waals surface area contributed by atoms with Gasteiger partial charge in [0.05, 0.1) is 17.6 Å². The number of pyridine rings is 1. The van der Waals surface area contributed by atoms with E-state index in [0.29, 0.717) is 17.0 Å². The number of hydrogen-bond donors (Lipinski definition) is 1. The van der Waals surface area contributed by atoms with E-state index in [1.165, 1.54) is 10.5 Å². The van der Waals surface area contributed by atoms with Gasteiger partial charge in [0.2, 0.25) is 0 Å². The summed E-state index contributed by atoms with van der Waals surface area (Å²) in [7, 11) is 0. The zero-order valence-electron chi connectivity index (χ0n) is 8.77. The Hall–Kier alpha value is -1.91. The third-order valence-corrected chi connectivity index (χ3v) is 2.43. The number of fused-ring (bicyclic) bond motifs is 1. The van der Waals surface area contributed by atoms with Crippen molar-refractivity contribution in [2.24, 2.45) is 0 Å². The molecular formula is C11H11FN2O2. The number of hydrogen-bond acceptors (Lipinski definition) is 2. The molecule has 4 nitrogen and oxygen atoms in total. The molecule has 84 valence electrons. The van der Waals surface area contributed by atoms with Gasteiger partial charge >= 0.3 is 5.97 Å². The second-order valence-corrected chi connectivity index (χ2v) is 3.58. The molecule has 0 aliphatic heterocycles. The SMILES string of the molecule is Cc1nc(CCC(=O)O)n2c(F)cccc12. The molecule has 2 heterocycles. The molecule has 0 saturated carbocycles. The molecule has 0 aliphatic carbocycles. The van der Waals surface area contributed by atoms with Crippen molar-refractivity contribution >= 4 is 11.5 Å². The smallest absolute Gasteiger partial charge is 0.303 e. The zero-order valence-corrected chi connectivity index (χ0v) is 8.77. The van der Waals surface area contributed by atoms with E-state index in [2.05, 4.69) is 4.98 Å². The average Bonchev–Trinajstić information content (AvgIpc) is 2.55. The molecular weight excluding hydrogens is 211 g/mol. The highest BCUT2D eigenvalue weighted by atomic mass is 19.1. The first-order chi connectivity index (χ1) is 7.59. The zero-order chi connectivity index (χ0) is 11.7. The van der Waals surface area contributed by atoms with Crippen LogP contribution in [0.4, 0.5) is 4.39 Å². The molecule has 1 N–H and O–H groups in total. The van der Waals surface area contributed by atoms with Crippen molar-refractivity contribution in [3.63, 3.8) is 0 Å². The van der Waals surface area contributed by atoms with Gasteiger partial charge < -0.3 is 5.11 Å². The van der Waals surface area contributed by atoms with Crippen LogP contribution in [0.25, 0.3) is 5.52 Å². The maximum atomic E-state index is 13.6. The second kappa shape index (κ2) is 3.92. The van der Waals surface area contributed by atoms with Crippen LogP contribution in [0.15, 0.2) is 18.2 Å². The summed E-state index contributed by atoms with van der Waals surface area (Å²) < 4.78 is 14.9. The van der Waals surface area contributed by atoms with Gasteiger partial charge in [0.25, 0.3) is 0 Å². The molecule has 0 unspecified atom stereocenters. The molecule has 2 aromatic rings. The quantitative estimate of drug-likeness (QED) is 0.805. The minimum Gasteiger partial charge on any atom is -0.481 e. The maximum Gasteiger partial charge on any atom is 0.303 e. The highest BCUT2D eigenvalue weighted by Gasteiger charge is 2.11. The summed E-state index contributed by atoms with van der Waals surface area (Å²) in [6.45, 7) is 1.78. The average molecular weight is 222 g/mol. The first kappa shape index (κ1) is 10.6. The predicted molar refractivity (Wildman–Crippen MR) is 55.8 cm³/mol. The first-order valence-electron chi connectivity index (χ1n) is 4.94. The Bertz CT molecular complexity index is 548. The Morgan fingerprint density at radius 2 is 2.31 bits per heavy atom. The van der Waals surface area contributed by atoms with Crippen LogP contribution in [-0.2, 0) is 11.2 Å². The molecule has 0 fully saturated rings. The fourth-order valence-electron chi connectivity index (χ4n) is 1.71. The van der Waals surface area contributed by atoms with Crippen molar-refractivity contribution in [1.82, 2.24) is 9.38 Å². The standard InChI is InChI=1S/C11H11FN2O2/c1-7-8-3-2-4-9(12)14(8)10(13-7)5-6-11(15)16/h2-4H,5-6H2,1H3,(H,15,16). The third-order valence-electron chi connectivity index (χ3n) is 2.43. The van der Waals surface area contributed by atoms with E-state index in [-0.39, 0.29) is 12.8 Å². The van der Waals surface area contributed by atoms with Crippen LogP contribution < -0.4 is 0 Å². The van der Waals surface area contributed by atoms with Gasteiger partial charge in [-0.15, -0.1) is 0 Å². The van der Waals surface area contributed by atoms with Gasteiger partial charge in [-0.2, -0.15) is 4.39 Å². The molecule has 0 saturated heterocycles. The van der Waals surface area contributed by atoms with Gasteiger partial charge in [0, 0.05) is 6.42 Å². The molecule has 0 atom stereocenters. The fraction of sp³-hybridized carbons (Fsp3) is 0.273. The van der Waals surface area contributed by atoms with Gasteiger partial charge in [-0.05, 0) is 19.1 Å². The molecule has 5 heteroatoms. The summed E-state index contributed by atoms with van der Waals surface area (Å²) in [4.78, 5) is 14.7. The summed E-state index contributed by atoms with van der Waals surface area (Å²) in [6.07, 6.45) is 0.179. The molecule has 16 heavy (non-hydrogen) atoms. The Balaban J connectivity index is 2.49. The number of imidazole rings is 1. The van der Waals surface area contributed by atoms with E-state index in [1.807, 2.05) is 0 Å². The Kier molecular flexibility index (Phi) is 2.60. The lowest BCUT2D eigenvalue weighted by molar-refractivity contribution is -0.137. The summed E-state index contributed by atoms with van der Waals surface area (Å²) in [5.41, 5.74) is 1.39. The van der Waals surface area contributed by atoms with Crippen molar-refractivity contribution in [3.8, 4) is 0 Å². The van der Waals surface area contributed by atoms with E-state index >= 15 is 0 Å². The minimum absolute atomic E-state index is 0.0487. The lowest BCUT2D eigenvalue weighted by atomic mass is 10.3. The highest BCUT2D eigenvalue weighted by molar-refractivity contribution is 5.67. The first-order valence-corrected chi connectivity index (χ1v) is 4.94. The van der Waals surface area contributed by atoms with Crippen molar-refractivity contribution < 1.29 is 14.3 Å². The second-order valence-electron chi connectivity index (χ2n) is 3.58. The molecule has 0 spiro atoms. The number of nitrogens with zero attached hydrogens (tertiary/aromatic N) is 2. The van der Waals surface area contributed by atoms with E-state index in [0.717, 1.165) is 0 Å². The Morgan fingerprint density at radius 3 is 3.00 bits per heavy atom. The molecule has 0 amide bonds. The van der Waals surface area contributed by atoms with Crippen LogP contribution in [0.5, 0.6) is 0 Å². The largest absolute Gasteiger partial charge is 0.481 e. The highest BCUT2D eigenvalue weighted by Crippen LogP contribution is 2.15. The monoisotopic (exact) mass is 222 g/mol. The van der Waals surface area contributed by atoms with Crippen LogP contribution in [0, 0.1) is 12.9 Å². The van der Waals surface area contributed by atoms with Gasteiger partial charge in [-0.3, -0.25) is 9.20 Å². The van der Waals surface area contributed by atoms with Gasteiger partial charge in [-0.1, -0.05) is 6.07 Å². The van der Waals surface area contributed by atoms with Crippen LogP contribution in [0.3, 0.4) is 0 Å². The Labute approximate surface area is 91.4 Å². The molecule has 0 aliphatic rings. The Morgan fingerprint density at radius 1 is 1.56 bits per heavy atom. The van der Waals surface area contributed by atoms with E-state index in [1.54, 1.807) is 19.1 Å². The summed E-state index contributed by atoms with van der Waals surface area (Å²) in [6, 6.07) is 4.70. The van der Waals surface area contributed by atoms with Crippen molar-refractivity contribution in [2.45, 2.75) is 19.8 Å². The van der Waals surface area contributed by atoms with Crippen molar-refractivity contribution in [1.29, 1.82) is 0 Å². The van der Waals surface area contributed by atoms with E-state index in [9.17, 15) is 9.18 Å². The van der Waals surface area contributed by atoms with Crippen LogP contribution in [-0.4, -0.2) is 20.5 Å². The number of rotatable bonds is 3. The van der Waals surface area contributed by atoms with Gasteiger partial charge in [-0.25, -0.2) is 4.98 Å². The summed E-state index contributed by atoms with van der Waals surface area (Å²) in [5.74, 6) is -0.878. The molecule has 2 rings (SSSR count). The van der Waals surface area contributed by atoms with E-state index < -0.39 is 11.9 Å². The third kappa shape index (κ3) is 1.76. The van der Waals surface area contributed by atoms with Gasteiger partial charge in [0.15, 0.2) is 5.95 Å². The number of carbonyl (C=O) groups is 1. The number of aliphatic carboxylic acids is 1. The van der Waals surface area contributed by atoms with Crippen molar-refractivity contribution in [3.05, 3.63) is 35.7 Å². The lowest BCUT2D eigenvalue weighted by Gasteiger charge is -2.00. The molecule has 0 bridgehead atoms. The topological polar surface area (TPSA) is 54.6 Å². The normalized spacial score (nSPS) is 10.9. The van der Waals surface area contributed by atoms with E-state index in [4.69, 9.17) is 5.11 Å². The number of aromatic nitrogens is 2. The number of aryl methyl sites for hydroxylation is 2. The van der Waals surface area contributed by atoms with Crippen LogP contribution in [0.1, 0.15) is 17.9 Å². The molecule has 0 radical (unpaired) electrons.